The van der Waals surface area contributed by atoms with Crippen LogP contribution in [0.1, 0.15) is 60.6 Å². The van der Waals surface area contributed by atoms with Crippen LogP contribution in [0, 0.1) is 13.8 Å². The molecule has 0 saturated carbocycles. The average Bonchev–Trinajstić information content (AvgIpc) is 3.34. The van der Waals surface area contributed by atoms with Crippen molar-refractivity contribution in [2.75, 3.05) is 37.2 Å². The Morgan fingerprint density at radius 2 is 1.87 bits per heavy atom. The fourth-order valence-electron chi connectivity index (χ4n) is 4.55. The van der Waals surface area contributed by atoms with Crippen molar-refractivity contribution in [3.63, 3.8) is 0 Å². The van der Waals surface area contributed by atoms with E-state index in [0.717, 1.165) is 25.2 Å². The molecule has 0 radical (unpaired) electrons. The Labute approximate surface area is 225 Å². The molecule has 38 heavy (non-hydrogen) atoms. The normalized spacial score (nSPS) is 15.0. The molecule has 3 rings (SSSR count). The SMILES string of the molecule is CC=CC=C(C)CS(=O)(=O)c1ccc2c(c1)C(=Cc1[nH]c(C)c(C(=O)NCCN(CC)CC)c1C)C(=O)N2. The topological polar surface area (TPSA) is 111 Å². The van der Waals surface area contributed by atoms with Gasteiger partial charge in [0.25, 0.3) is 11.8 Å². The Morgan fingerprint density at radius 1 is 1.16 bits per heavy atom. The van der Waals surface area contributed by atoms with Gasteiger partial charge in [-0.2, -0.15) is 0 Å². The maximum Gasteiger partial charge on any atom is 0.256 e. The Kier molecular flexibility index (Phi) is 9.51. The summed E-state index contributed by atoms with van der Waals surface area (Å²) in [5.74, 6) is -0.604. The van der Waals surface area contributed by atoms with Crippen LogP contribution in [0.25, 0.3) is 11.6 Å². The van der Waals surface area contributed by atoms with Crippen LogP contribution < -0.4 is 10.6 Å². The van der Waals surface area contributed by atoms with Crippen molar-refractivity contribution in [2.24, 2.45) is 0 Å². The lowest BCUT2D eigenvalue weighted by atomic mass is 10.0. The summed E-state index contributed by atoms with van der Waals surface area (Å²) in [4.78, 5) is 31.4. The van der Waals surface area contributed by atoms with E-state index in [2.05, 4.69) is 34.4 Å². The maximum atomic E-state index is 13.1. The number of nitrogens with zero attached hydrogens (tertiary/aromatic N) is 1. The van der Waals surface area contributed by atoms with E-state index in [9.17, 15) is 18.0 Å². The second-order valence-electron chi connectivity index (χ2n) is 9.46. The number of nitrogens with one attached hydrogen (secondary N) is 3. The summed E-state index contributed by atoms with van der Waals surface area (Å²) in [6.45, 7) is 14.6. The minimum Gasteiger partial charge on any atom is -0.358 e. The number of amides is 2. The van der Waals surface area contributed by atoms with E-state index in [1.54, 1.807) is 37.3 Å². The Morgan fingerprint density at radius 3 is 2.53 bits per heavy atom. The average molecular weight is 539 g/mol. The van der Waals surface area contributed by atoms with Gasteiger partial charge in [0.1, 0.15) is 0 Å². The van der Waals surface area contributed by atoms with Crippen LogP contribution in [-0.4, -0.2) is 62.0 Å². The number of carbonyl (C=O) groups excluding carboxylic acids is 2. The first-order valence-electron chi connectivity index (χ1n) is 12.9. The van der Waals surface area contributed by atoms with E-state index < -0.39 is 9.84 Å². The van der Waals surface area contributed by atoms with Crippen molar-refractivity contribution in [2.45, 2.75) is 46.4 Å². The molecule has 1 aliphatic heterocycles. The molecule has 8 nitrogen and oxygen atoms in total. The molecule has 1 aromatic carbocycles. The van der Waals surface area contributed by atoms with Gasteiger partial charge in [0.15, 0.2) is 9.84 Å². The third-order valence-corrected chi connectivity index (χ3v) is 8.53. The minimum absolute atomic E-state index is 0.113. The molecule has 2 amide bonds. The molecule has 0 fully saturated rings. The Balaban J connectivity index is 1.90. The molecule has 2 heterocycles. The van der Waals surface area contributed by atoms with Gasteiger partial charge in [0.2, 0.25) is 0 Å². The molecule has 0 atom stereocenters. The predicted molar refractivity (Wildman–Crippen MR) is 154 cm³/mol. The predicted octanol–water partition coefficient (Wildman–Crippen LogP) is 4.49. The highest BCUT2D eigenvalue weighted by molar-refractivity contribution is 7.91. The van der Waals surface area contributed by atoms with E-state index in [-0.39, 0.29) is 22.5 Å². The fraction of sp³-hybridized carbons (Fsp3) is 0.379. The third-order valence-electron chi connectivity index (χ3n) is 6.72. The molecule has 1 aliphatic rings. The molecule has 0 spiro atoms. The number of anilines is 1. The van der Waals surface area contributed by atoms with Gasteiger partial charge in [0.05, 0.1) is 21.8 Å². The van der Waals surface area contributed by atoms with Crippen molar-refractivity contribution in [3.8, 4) is 0 Å². The first-order valence-corrected chi connectivity index (χ1v) is 14.6. The second-order valence-corrected chi connectivity index (χ2v) is 11.5. The van der Waals surface area contributed by atoms with Crippen LogP contribution in [0.5, 0.6) is 0 Å². The zero-order valence-electron chi connectivity index (χ0n) is 23.1. The summed E-state index contributed by atoms with van der Waals surface area (Å²) in [5, 5.41) is 5.80. The number of rotatable bonds is 11. The molecule has 0 bridgehead atoms. The summed E-state index contributed by atoms with van der Waals surface area (Å²) >= 11 is 0. The van der Waals surface area contributed by atoms with Crippen LogP contribution in [-0.2, 0) is 14.6 Å². The standard InChI is InChI=1S/C29H38N4O4S/c1-7-10-11-19(4)18-38(36,37)22-12-13-25-23(16-22)24(28(34)32-25)17-26-20(5)27(21(6)31-26)29(35)30-14-15-33(8-2)9-3/h7,10-13,16-17,31H,8-9,14-15,18H2,1-6H3,(H,30,35)(H,32,34). The number of hydrogen-bond donors (Lipinski definition) is 3. The molecule has 9 heteroatoms. The van der Waals surface area contributed by atoms with Gasteiger partial charge < -0.3 is 20.5 Å². The van der Waals surface area contributed by atoms with Crippen molar-refractivity contribution in [1.82, 2.24) is 15.2 Å². The molecular weight excluding hydrogens is 500 g/mol. The largest absolute Gasteiger partial charge is 0.358 e. The molecule has 0 saturated heterocycles. The summed E-state index contributed by atoms with van der Waals surface area (Å²) in [6.07, 6.45) is 7.10. The van der Waals surface area contributed by atoms with Crippen molar-refractivity contribution in [3.05, 3.63) is 70.1 Å². The number of hydrogen-bond acceptors (Lipinski definition) is 5. The smallest absolute Gasteiger partial charge is 0.256 e. The maximum absolute atomic E-state index is 13.1. The number of allylic oxidation sites excluding steroid dienone is 3. The molecule has 0 unspecified atom stereocenters. The van der Waals surface area contributed by atoms with Crippen molar-refractivity contribution < 1.29 is 18.0 Å². The lowest BCUT2D eigenvalue weighted by Crippen LogP contribution is -2.35. The quantitative estimate of drug-likeness (QED) is 0.288. The first kappa shape index (κ1) is 29.1. The van der Waals surface area contributed by atoms with Gasteiger partial charge in [-0.05, 0) is 70.6 Å². The van der Waals surface area contributed by atoms with Crippen LogP contribution >= 0.6 is 0 Å². The lowest BCUT2D eigenvalue weighted by Gasteiger charge is -2.18. The van der Waals surface area contributed by atoms with Gasteiger partial charge in [-0.25, -0.2) is 8.42 Å². The van der Waals surface area contributed by atoms with Gasteiger partial charge in [-0.3, -0.25) is 9.59 Å². The van der Waals surface area contributed by atoms with Gasteiger partial charge in [-0.15, -0.1) is 0 Å². The lowest BCUT2D eigenvalue weighted by molar-refractivity contribution is -0.110. The fourth-order valence-corrected chi connectivity index (χ4v) is 5.99. The number of H-pyrrole nitrogens is 1. The zero-order valence-corrected chi connectivity index (χ0v) is 23.9. The molecule has 3 N–H and O–H groups in total. The van der Waals surface area contributed by atoms with E-state index in [1.165, 1.54) is 6.07 Å². The van der Waals surface area contributed by atoms with E-state index in [4.69, 9.17) is 0 Å². The highest BCUT2D eigenvalue weighted by Crippen LogP contribution is 2.36. The molecule has 1 aromatic heterocycles. The van der Waals surface area contributed by atoms with E-state index in [0.29, 0.717) is 45.9 Å². The molecule has 0 aliphatic carbocycles. The number of aryl methyl sites for hydroxylation is 1. The van der Waals surface area contributed by atoms with Crippen molar-refractivity contribution in [1.29, 1.82) is 0 Å². The van der Waals surface area contributed by atoms with Gasteiger partial charge in [0, 0.05) is 35.7 Å². The molecular formula is C29H38N4O4S. The molecule has 2 aromatic rings. The number of sulfone groups is 1. The number of aromatic nitrogens is 1. The molecule has 204 valence electrons. The first-order chi connectivity index (χ1) is 18.0. The number of fused-ring (bicyclic) bond motifs is 1. The third kappa shape index (κ3) is 6.52. The van der Waals surface area contributed by atoms with Gasteiger partial charge in [-0.1, -0.05) is 37.6 Å². The highest BCUT2D eigenvalue weighted by atomic mass is 32.2. The number of benzene rings is 1. The number of carbonyl (C=O) groups is 2. The Hall–Kier alpha value is -3.43. The summed E-state index contributed by atoms with van der Waals surface area (Å²) in [5.41, 5.74) is 4.74. The monoisotopic (exact) mass is 538 g/mol. The van der Waals surface area contributed by atoms with E-state index in [1.807, 2.05) is 26.8 Å². The zero-order chi connectivity index (χ0) is 28.0. The Bertz CT molecular complexity index is 1410. The number of aromatic amines is 1. The van der Waals surface area contributed by atoms with E-state index >= 15 is 0 Å². The summed E-state index contributed by atoms with van der Waals surface area (Å²) < 4.78 is 26.1. The summed E-state index contributed by atoms with van der Waals surface area (Å²) in [7, 11) is -3.60. The van der Waals surface area contributed by atoms with Crippen molar-refractivity contribution >= 4 is 39.0 Å². The van der Waals surface area contributed by atoms with Crippen LogP contribution in [0.2, 0.25) is 0 Å². The van der Waals surface area contributed by atoms with Crippen LogP contribution in [0.15, 0.2) is 46.9 Å². The van der Waals surface area contributed by atoms with Crippen LogP contribution in [0.4, 0.5) is 5.69 Å². The number of likely N-dealkylation sites (N-methyl/N-ethyl adjacent to an activating group) is 1. The second kappa shape index (κ2) is 12.4. The highest BCUT2D eigenvalue weighted by Gasteiger charge is 2.28. The summed E-state index contributed by atoms with van der Waals surface area (Å²) in [6, 6.07) is 4.68. The van der Waals surface area contributed by atoms with Gasteiger partial charge >= 0.3 is 0 Å². The van der Waals surface area contributed by atoms with Crippen LogP contribution in [0.3, 0.4) is 0 Å². The minimum atomic E-state index is -3.60.